The number of nitrogens with one attached hydrogen (secondary N) is 1. The van der Waals surface area contributed by atoms with Gasteiger partial charge in [0.05, 0.1) is 16.8 Å². The number of imidazole rings is 1. The Balaban J connectivity index is 1.48. The molecule has 1 aromatic carbocycles. The highest BCUT2D eigenvalue weighted by atomic mass is 32.2. The number of fused-ring (bicyclic) bond motifs is 1. The van der Waals surface area contributed by atoms with Crippen molar-refractivity contribution in [3.8, 4) is 0 Å². The van der Waals surface area contributed by atoms with Crippen LogP contribution in [-0.2, 0) is 16.1 Å². The van der Waals surface area contributed by atoms with Gasteiger partial charge in [-0.15, -0.1) is 0 Å². The number of carbonyl (C=O) groups is 2. The summed E-state index contributed by atoms with van der Waals surface area (Å²) in [4.78, 5) is 31.9. The maximum Gasteiger partial charge on any atom is 0.240 e. The average Bonchev–Trinajstić information content (AvgIpc) is 3.46. The SMILES string of the molecule is CCC1CCCCN1C(=O)CSc1nc2ccccc2n1CC(=O)NC1CC1. The molecule has 0 bridgehead atoms. The fourth-order valence-corrected chi connectivity index (χ4v) is 4.82. The normalized spacial score (nSPS) is 19.8. The lowest BCUT2D eigenvalue weighted by Crippen LogP contribution is -2.44. The topological polar surface area (TPSA) is 67.2 Å². The van der Waals surface area contributed by atoms with Crippen LogP contribution < -0.4 is 5.32 Å². The lowest BCUT2D eigenvalue weighted by atomic mass is 10.0. The smallest absolute Gasteiger partial charge is 0.240 e. The molecule has 2 aliphatic rings. The summed E-state index contributed by atoms with van der Waals surface area (Å²) >= 11 is 1.44. The zero-order chi connectivity index (χ0) is 19.5. The van der Waals surface area contributed by atoms with Gasteiger partial charge >= 0.3 is 0 Å². The Bertz CT molecular complexity index is 861. The van der Waals surface area contributed by atoms with E-state index >= 15 is 0 Å². The molecule has 28 heavy (non-hydrogen) atoms. The summed E-state index contributed by atoms with van der Waals surface area (Å²) in [6, 6.07) is 8.54. The number of hydrogen-bond donors (Lipinski definition) is 1. The van der Waals surface area contributed by atoms with Crippen LogP contribution in [0, 0.1) is 0 Å². The lowest BCUT2D eigenvalue weighted by molar-refractivity contribution is -0.132. The first-order chi connectivity index (χ1) is 13.7. The second-order valence-corrected chi connectivity index (χ2v) is 8.69. The summed E-state index contributed by atoms with van der Waals surface area (Å²) in [6.45, 7) is 3.26. The van der Waals surface area contributed by atoms with Gasteiger partial charge in [-0.3, -0.25) is 9.59 Å². The Morgan fingerprint density at radius 2 is 2.04 bits per heavy atom. The Morgan fingerprint density at radius 1 is 1.21 bits per heavy atom. The van der Waals surface area contributed by atoms with E-state index in [2.05, 4.69) is 12.2 Å². The summed E-state index contributed by atoms with van der Waals surface area (Å²) in [6.07, 6.45) is 6.55. The molecule has 1 aromatic heterocycles. The quantitative estimate of drug-likeness (QED) is 0.725. The van der Waals surface area contributed by atoms with Crippen molar-refractivity contribution >= 4 is 34.6 Å². The van der Waals surface area contributed by atoms with Crippen LogP contribution in [0.3, 0.4) is 0 Å². The predicted octanol–water partition coefficient (Wildman–Crippen LogP) is 3.20. The van der Waals surface area contributed by atoms with Gasteiger partial charge in [-0.2, -0.15) is 0 Å². The molecular weight excluding hydrogens is 372 g/mol. The van der Waals surface area contributed by atoms with Gasteiger partial charge in [0.1, 0.15) is 6.54 Å². The van der Waals surface area contributed by atoms with Crippen LogP contribution in [0.25, 0.3) is 11.0 Å². The molecule has 7 heteroatoms. The molecule has 1 aliphatic carbocycles. The van der Waals surface area contributed by atoms with Crippen molar-refractivity contribution < 1.29 is 9.59 Å². The summed E-state index contributed by atoms with van der Waals surface area (Å²) in [5.74, 6) is 0.558. The first kappa shape index (κ1) is 19.3. The maximum absolute atomic E-state index is 12.8. The van der Waals surface area contributed by atoms with E-state index in [-0.39, 0.29) is 18.4 Å². The van der Waals surface area contributed by atoms with Crippen molar-refractivity contribution in [2.75, 3.05) is 12.3 Å². The molecule has 0 radical (unpaired) electrons. The van der Waals surface area contributed by atoms with Crippen molar-refractivity contribution in [2.45, 2.75) is 69.2 Å². The molecule has 1 atom stereocenters. The predicted molar refractivity (Wildman–Crippen MR) is 111 cm³/mol. The van der Waals surface area contributed by atoms with Gasteiger partial charge in [0.15, 0.2) is 5.16 Å². The number of benzene rings is 1. The van der Waals surface area contributed by atoms with Gasteiger partial charge in [-0.05, 0) is 50.7 Å². The van der Waals surface area contributed by atoms with Crippen LogP contribution in [0.15, 0.2) is 29.4 Å². The molecule has 2 amide bonds. The molecule has 1 unspecified atom stereocenters. The van der Waals surface area contributed by atoms with E-state index in [0.29, 0.717) is 17.8 Å². The number of para-hydroxylation sites is 2. The van der Waals surface area contributed by atoms with Gasteiger partial charge in [0.2, 0.25) is 11.8 Å². The van der Waals surface area contributed by atoms with E-state index in [1.54, 1.807) is 0 Å². The zero-order valence-corrected chi connectivity index (χ0v) is 17.2. The highest BCUT2D eigenvalue weighted by molar-refractivity contribution is 7.99. The molecule has 4 rings (SSSR count). The standard InChI is InChI=1S/C21H28N4O2S/c1-2-16-7-5-6-12-24(16)20(27)14-28-21-23-17-8-3-4-9-18(17)25(21)13-19(26)22-15-10-11-15/h3-4,8-9,15-16H,2,5-7,10-14H2,1H3,(H,22,26). The fraction of sp³-hybridized carbons (Fsp3) is 0.571. The molecule has 2 fully saturated rings. The van der Waals surface area contributed by atoms with Crippen LogP contribution in [0.2, 0.25) is 0 Å². The molecule has 1 saturated carbocycles. The molecule has 6 nitrogen and oxygen atoms in total. The van der Waals surface area contributed by atoms with Gasteiger partial charge in [0.25, 0.3) is 0 Å². The van der Waals surface area contributed by atoms with E-state index in [4.69, 9.17) is 4.98 Å². The number of hydrogen-bond acceptors (Lipinski definition) is 4. The van der Waals surface area contributed by atoms with Crippen LogP contribution in [-0.4, -0.2) is 50.6 Å². The minimum Gasteiger partial charge on any atom is -0.352 e. The summed E-state index contributed by atoms with van der Waals surface area (Å²) in [5, 5.41) is 3.78. The number of rotatable bonds is 7. The van der Waals surface area contributed by atoms with Gasteiger partial charge in [0, 0.05) is 18.6 Å². The van der Waals surface area contributed by atoms with E-state index in [9.17, 15) is 9.59 Å². The van der Waals surface area contributed by atoms with Crippen LogP contribution >= 0.6 is 11.8 Å². The maximum atomic E-state index is 12.8. The lowest BCUT2D eigenvalue weighted by Gasteiger charge is -2.35. The molecule has 1 saturated heterocycles. The third-order valence-electron chi connectivity index (χ3n) is 5.61. The van der Waals surface area contributed by atoms with Crippen LogP contribution in [0.1, 0.15) is 45.4 Å². The number of amides is 2. The Morgan fingerprint density at radius 3 is 2.82 bits per heavy atom. The van der Waals surface area contributed by atoms with Crippen molar-refractivity contribution in [2.24, 2.45) is 0 Å². The van der Waals surface area contributed by atoms with Crippen molar-refractivity contribution in [1.29, 1.82) is 0 Å². The van der Waals surface area contributed by atoms with Gasteiger partial charge < -0.3 is 14.8 Å². The zero-order valence-electron chi connectivity index (χ0n) is 16.4. The monoisotopic (exact) mass is 400 g/mol. The van der Waals surface area contributed by atoms with Crippen molar-refractivity contribution in [3.63, 3.8) is 0 Å². The minimum absolute atomic E-state index is 0.0147. The first-order valence-corrected chi connectivity index (χ1v) is 11.3. The molecule has 150 valence electrons. The number of aromatic nitrogens is 2. The molecule has 2 heterocycles. The number of thioether (sulfide) groups is 1. The first-order valence-electron chi connectivity index (χ1n) is 10.3. The Hall–Kier alpha value is -2.02. The number of carbonyl (C=O) groups excluding carboxylic acids is 2. The molecule has 1 aliphatic heterocycles. The summed E-state index contributed by atoms with van der Waals surface area (Å²) < 4.78 is 1.94. The van der Waals surface area contributed by atoms with Crippen LogP contribution in [0.4, 0.5) is 0 Å². The highest BCUT2D eigenvalue weighted by Crippen LogP contribution is 2.26. The Kier molecular flexibility index (Phi) is 5.90. The molecular formula is C21H28N4O2S. The number of piperidine rings is 1. The fourth-order valence-electron chi connectivity index (χ4n) is 3.92. The highest BCUT2D eigenvalue weighted by Gasteiger charge is 2.27. The third-order valence-corrected chi connectivity index (χ3v) is 6.57. The van der Waals surface area contributed by atoms with Crippen LogP contribution in [0.5, 0.6) is 0 Å². The second kappa shape index (κ2) is 8.55. The molecule has 1 N–H and O–H groups in total. The number of nitrogens with zero attached hydrogens (tertiary/aromatic N) is 3. The summed E-state index contributed by atoms with van der Waals surface area (Å²) in [7, 11) is 0. The van der Waals surface area contributed by atoms with E-state index in [1.807, 2.05) is 33.7 Å². The molecule has 2 aromatic rings. The van der Waals surface area contributed by atoms with Crippen molar-refractivity contribution in [3.05, 3.63) is 24.3 Å². The minimum atomic E-state index is 0.0147. The Labute approximate surface area is 170 Å². The van der Waals surface area contributed by atoms with E-state index < -0.39 is 0 Å². The average molecular weight is 401 g/mol. The summed E-state index contributed by atoms with van der Waals surface area (Å²) in [5.41, 5.74) is 1.80. The van der Waals surface area contributed by atoms with E-state index in [1.165, 1.54) is 18.2 Å². The third kappa shape index (κ3) is 4.35. The number of likely N-dealkylation sites (tertiary alicyclic amines) is 1. The molecule has 0 spiro atoms. The van der Waals surface area contributed by atoms with Gasteiger partial charge in [-0.1, -0.05) is 30.8 Å². The van der Waals surface area contributed by atoms with E-state index in [0.717, 1.165) is 54.8 Å². The van der Waals surface area contributed by atoms with Crippen molar-refractivity contribution in [1.82, 2.24) is 19.8 Å². The van der Waals surface area contributed by atoms with Gasteiger partial charge in [-0.25, -0.2) is 4.98 Å². The largest absolute Gasteiger partial charge is 0.352 e. The second-order valence-electron chi connectivity index (χ2n) is 7.74.